The van der Waals surface area contributed by atoms with Crippen molar-refractivity contribution in [3.63, 3.8) is 0 Å². The Bertz CT molecular complexity index is 1290. The molecule has 0 saturated carbocycles. The minimum Gasteiger partial charge on any atom is -0.478 e. The highest BCUT2D eigenvalue weighted by Crippen LogP contribution is 2.32. The molecular weight excluding hydrogens is 342 g/mol. The fourth-order valence-corrected chi connectivity index (χ4v) is 3.27. The van der Waals surface area contributed by atoms with E-state index in [0.29, 0.717) is 27.7 Å². The summed E-state index contributed by atoms with van der Waals surface area (Å²) in [6.07, 6.45) is 1.56. The van der Waals surface area contributed by atoms with E-state index in [9.17, 15) is 9.90 Å². The van der Waals surface area contributed by atoms with E-state index >= 15 is 0 Å². The van der Waals surface area contributed by atoms with Gasteiger partial charge in [-0.25, -0.2) is 4.79 Å². The first kappa shape index (κ1) is 15.3. The minimum absolute atomic E-state index is 0.171. The van der Waals surface area contributed by atoms with Crippen LogP contribution in [0.3, 0.4) is 0 Å². The molecule has 6 nitrogen and oxygen atoms in total. The number of rotatable bonds is 3. The normalized spacial score (nSPS) is 11.3. The van der Waals surface area contributed by atoms with Gasteiger partial charge in [-0.05, 0) is 47.9 Å². The molecule has 5 aromatic rings. The maximum atomic E-state index is 12.0. The highest BCUT2D eigenvalue weighted by Gasteiger charge is 2.18. The first-order chi connectivity index (χ1) is 13.2. The van der Waals surface area contributed by atoms with Gasteiger partial charge in [0.2, 0.25) is 0 Å². The summed E-state index contributed by atoms with van der Waals surface area (Å²) in [5, 5.41) is 20.2. The van der Waals surface area contributed by atoms with Crippen LogP contribution < -0.4 is 0 Å². The third-order valence-electron chi connectivity index (χ3n) is 4.49. The smallest absolute Gasteiger partial charge is 0.336 e. The summed E-state index contributed by atoms with van der Waals surface area (Å²) in [6, 6.07) is 20.3. The number of hydrogen-bond donors (Lipinski definition) is 1. The second-order valence-corrected chi connectivity index (χ2v) is 6.16. The molecule has 0 spiro atoms. The van der Waals surface area contributed by atoms with E-state index in [1.54, 1.807) is 24.5 Å². The highest BCUT2D eigenvalue weighted by atomic mass is 16.4. The van der Waals surface area contributed by atoms with Crippen molar-refractivity contribution >= 4 is 27.8 Å². The zero-order valence-corrected chi connectivity index (χ0v) is 14.0. The predicted octanol–water partition coefficient (Wildman–Crippen LogP) is 4.53. The maximum Gasteiger partial charge on any atom is 0.336 e. The van der Waals surface area contributed by atoms with E-state index in [-0.39, 0.29) is 5.56 Å². The number of para-hydroxylation sites is 1. The van der Waals surface area contributed by atoms with Gasteiger partial charge in [0.1, 0.15) is 16.8 Å². The Balaban J connectivity index is 1.82. The SMILES string of the molecule is O=C(O)c1cc(-c2ccco2)cc2ccc3nn(-c4ccccc4)nc3c12. The quantitative estimate of drug-likeness (QED) is 0.514. The fourth-order valence-electron chi connectivity index (χ4n) is 3.27. The topological polar surface area (TPSA) is 81.1 Å². The van der Waals surface area contributed by atoms with E-state index in [0.717, 1.165) is 11.1 Å². The van der Waals surface area contributed by atoms with Crippen LogP contribution in [0.2, 0.25) is 0 Å². The van der Waals surface area contributed by atoms with Crippen molar-refractivity contribution in [1.82, 2.24) is 15.0 Å². The lowest BCUT2D eigenvalue weighted by Gasteiger charge is -2.06. The van der Waals surface area contributed by atoms with Crippen LogP contribution in [0, 0.1) is 0 Å². The second kappa shape index (κ2) is 5.81. The number of carbonyl (C=O) groups is 1. The lowest BCUT2D eigenvalue weighted by Crippen LogP contribution is -2.00. The number of hydrogen-bond acceptors (Lipinski definition) is 4. The zero-order valence-electron chi connectivity index (χ0n) is 14.0. The third kappa shape index (κ3) is 2.46. The van der Waals surface area contributed by atoms with Gasteiger partial charge in [-0.3, -0.25) is 0 Å². The molecule has 2 heterocycles. The molecule has 0 fully saturated rings. The summed E-state index contributed by atoms with van der Waals surface area (Å²) >= 11 is 0. The standard InChI is InChI=1S/C21H13N3O3/c25-21(26)16-12-14(18-7-4-10-27-18)11-13-8-9-17-20(19(13)16)23-24(22-17)15-5-2-1-3-6-15/h1-12H,(H,25,26). The van der Waals surface area contributed by atoms with E-state index in [1.807, 2.05) is 48.5 Å². The zero-order chi connectivity index (χ0) is 18.4. The molecule has 0 bridgehead atoms. The number of furan rings is 1. The molecule has 0 atom stereocenters. The first-order valence-electron chi connectivity index (χ1n) is 8.37. The Morgan fingerprint density at radius 2 is 1.81 bits per heavy atom. The summed E-state index contributed by atoms with van der Waals surface area (Å²) < 4.78 is 5.43. The van der Waals surface area contributed by atoms with Crippen LogP contribution in [0.25, 0.3) is 38.8 Å². The van der Waals surface area contributed by atoms with Crippen molar-refractivity contribution in [2.24, 2.45) is 0 Å². The molecule has 27 heavy (non-hydrogen) atoms. The van der Waals surface area contributed by atoms with Crippen LogP contribution >= 0.6 is 0 Å². The van der Waals surface area contributed by atoms with Crippen molar-refractivity contribution in [3.8, 4) is 17.0 Å². The number of aromatic nitrogens is 3. The van der Waals surface area contributed by atoms with Gasteiger partial charge in [0.25, 0.3) is 0 Å². The Morgan fingerprint density at radius 1 is 0.963 bits per heavy atom. The fraction of sp³-hybridized carbons (Fsp3) is 0. The summed E-state index contributed by atoms with van der Waals surface area (Å²) in [6.45, 7) is 0. The van der Waals surface area contributed by atoms with Crippen LogP contribution in [0.4, 0.5) is 0 Å². The number of fused-ring (bicyclic) bond motifs is 3. The third-order valence-corrected chi connectivity index (χ3v) is 4.49. The summed E-state index contributed by atoms with van der Waals surface area (Å²) in [5.74, 6) is -0.400. The van der Waals surface area contributed by atoms with Gasteiger partial charge in [0.15, 0.2) is 0 Å². The van der Waals surface area contributed by atoms with E-state index in [1.165, 1.54) is 4.80 Å². The van der Waals surface area contributed by atoms with Crippen molar-refractivity contribution in [2.75, 3.05) is 0 Å². The lowest BCUT2D eigenvalue weighted by molar-refractivity contribution is 0.0699. The molecule has 130 valence electrons. The van der Waals surface area contributed by atoms with Crippen molar-refractivity contribution in [1.29, 1.82) is 0 Å². The Kier molecular flexibility index (Phi) is 3.30. The molecule has 0 aliphatic rings. The molecule has 6 heteroatoms. The van der Waals surface area contributed by atoms with Gasteiger partial charge in [-0.1, -0.05) is 24.3 Å². The molecule has 1 N–H and O–H groups in total. The summed E-state index contributed by atoms with van der Waals surface area (Å²) in [5.41, 5.74) is 2.88. The number of benzene rings is 3. The minimum atomic E-state index is -1.02. The monoisotopic (exact) mass is 355 g/mol. The average molecular weight is 355 g/mol. The van der Waals surface area contributed by atoms with E-state index < -0.39 is 5.97 Å². The molecule has 0 aliphatic heterocycles. The van der Waals surface area contributed by atoms with Gasteiger partial charge in [-0.15, -0.1) is 10.2 Å². The molecule has 0 aliphatic carbocycles. The Hall–Kier alpha value is -3.93. The van der Waals surface area contributed by atoms with Gasteiger partial charge in [0, 0.05) is 10.9 Å². The summed E-state index contributed by atoms with van der Waals surface area (Å²) in [7, 11) is 0. The van der Waals surface area contributed by atoms with Crippen molar-refractivity contribution in [2.45, 2.75) is 0 Å². The first-order valence-corrected chi connectivity index (χ1v) is 8.37. The molecule has 3 aromatic carbocycles. The number of nitrogens with zero attached hydrogens (tertiary/aromatic N) is 3. The van der Waals surface area contributed by atoms with Crippen LogP contribution in [-0.2, 0) is 0 Å². The van der Waals surface area contributed by atoms with Crippen LogP contribution in [-0.4, -0.2) is 26.1 Å². The maximum absolute atomic E-state index is 12.0. The molecular formula is C21H13N3O3. The Labute approximate surface area is 153 Å². The number of carboxylic acids is 1. The number of carboxylic acid groups (broad SMARTS) is 1. The van der Waals surface area contributed by atoms with Gasteiger partial charge in [-0.2, -0.15) is 4.80 Å². The highest BCUT2D eigenvalue weighted by molar-refractivity contribution is 6.15. The average Bonchev–Trinajstić information content (AvgIpc) is 3.37. The van der Waals surface area contributed by atoms with E-state index in [2.05, 4.69) is 10.2 Å². The molecule has 2 aromatic heterocycles. The second-order valence-electron chi connectivity index (χ2n) is 6.16. The van der Waals surface area contributed by atoms with Crippen molar-refractivity contribution in [3.05, 3.63) is 78.6 Å². The molecule has 0 unspecified atom stereocenters. The van der Waals surface area contributed by atoms with Gasteiger partial charge in [0.05, 0.1) is 17.5 Å². The number of aromatic carboxylic acids is 1. The van der Waals surface area contributed by atoms with Gasteiger partial charge >= 0.3 is 5.97 Å². The van der Waals surface area contributed by atoms with Crippen LogP contribution in [0.15, 0.2) is 77.4 Å². The van der Waals surface area contributed by atoms with Crippen LogP contribution in [0.1, 0.15) is 10.4 Å². The molecule has 0 saturated heterocycles. The van der Waals surface area contributed by atoms with Crippen LogP contribution in [0.5, 0.6) is 0 Å². The molecule has 0 amide bonds. The Morgan fingerprint density at radius 3 is 2.56 bits per heavy atom. The molecule has 5 rings (SSSR count). The van der Waals surface area contributed by atoms with Gasteiger partial charge < -0.3 is 9.52 Å². The van der Waals surface area contributed by atoms with E-state index in [4.69, 9.17) is 4.42 Å². The van der Waals surface area contributed by atoms with Crippen molar-refractivity contribution < 1.29 is 14.3 Å². The molecule has 0 radical (unpaired) electrons. The lowest BCUT2D eigenvalue weighted by atomic mass is 9.98. The summed E-state index contributed by atoms with van der Waals surface area (Å²) in [4.78, 5) is 13.5. The predicted molar refractivity (Wildman–Crippen MR) is 101 cm³/mol. The largest absolute Gasteiger partial charge is 0.478 e.